The molecule has 2 heterocycles. The first kappa shape index (κ1) is 28.9. The van der Waals surface area contributed by atoms with E-state index in [1.54, 1.807) is 4.90 Å². The largest absolute Gasteiger partial charge is 0.391 e. The number of amides is 2. The zero-order valence-corrected chi connectivity index (χ0v) is 21.2. The second-order valence-electron chi connectivity index (χ2n) is 8.42. The normalized spacial score (nSPS) is 15.3. The molecule has 1 fully saturated rings. The second kappa shape index (κ2) is 15.7. The Bertz CT molecular complexity index is 913. The van der Waals surface area contributed by atoms with Gasteiger partial charge in [0.05, 0.1) is 18.3 Å². The second-order valence-corrected chi connectivity index (χ2v) is 8.42. The van der Waals surface area contributed by atoms with Gasteiger partial charge in [0.1, 0.15) is 11.7 Å². The van der Waals surface area contributed by atoms with Crippen LogP contribution in [0.3, 0.4) is 0 Å². The Balaban J connectivity index is 0.000000353. The molecule has 2 atom stereocenters. The summed E-state index contributed by atoms with van der Waals surface area (Å²) < 4.78 is 5.40. The summed E-state index contributed by atoms with van der Waals surface area (Å²) in [6.07, 6.45) is 0.900. The van der Waals surface area contributed by atoms with Crippen LogP contribution in [0.4, 0.5) is 0 Å². The fraction of sp³-hybridized carbons (Fsp3) is 0.519. The zero-order chi connectivity index (χ0) is 25.5. The monoisotopic (exact) mass is 469 g/mol. The summed E-state index contributed by atoms with van der Waals surface area (Å²) in [5, 5.41) is 16.1. The Kier molecular flexibility index (Phi) is 13.3. The van der Waals surface area contributed by atoms with Crippen molar-refractivity contribution in [3.05, 3.63) is 53.4 Å². The molecule has 1 saturated heterocycles. The number of aromatic nitrogens is 1. The van der Waals surface area contributed by atoms with Gasteiger partial charge in [-0.1, -0.05) is 76.7 Å². The van der Waals surface area contributed by atoms with Crippen LogP contribution < -0.4 is 5.32 Å². The molecule has 3 rings (SSSR count). The van der Waals surface area contributed by atoms with E-state index < -0.39 is 6.10 Å². The maximum absolute atomic E-state index is 12.6. The summed E-state index contributed by atoms with van der Waals surface area (Å²) in [6.45, 7) is 13.6. The predicted octanol–water partition coefficient (Wildman–Crippen LogP) is 3.94. The van der Waals surface area contributed by atoms with Crippen LogP contribution in [0.1, 0.15) is 76.8 Å². The van der Waals surface area contributed by atoms with E-state index in [0.29, 0.717) is 38.2 Å². The minimum atomic E-state index is -0.396. The first-order valence-corrected chi connectivity index (χ1v) is 12.0. The molecular weight excluding hydrogens is 430 g/mol. The summed E-state index contributed by atoms with van der Waals surface area (Å²) >= 11 is 0. The van der Waals surface area contributed by atoms with E-state index in [9.17, 15) is 14.7 Å². The third-order valence-electron chi connectivity index (χ3n) is 5.13. The highest BCUT2D eigenvalue weighted by molar-refractivity contribution is 5.83. The third-order valence-corrected chi connectivity index (χ3v) is 5.13. The predicted molar refractivity (Wildman–Crippen MR) is 134 cm³/mol. The van der Waals surface area contributed by atoms with E-state index in [1.165, 1.54) is 0 Å². The van der Waals surface area contributed by atoms with Crippen LogP contribution >= 0.6 is 0 Å². The van der Waals surface area contributed by atoms with Crippen molar-refractivity contribution in [2.24, 2.45) is 5.92 Å². The van der Waals surface area contributed by atoms with Crippen LogP contribution in [0.5, 0.6) is 0 Å². The number of benzene rings is 1. The topological polar surface area (TPSA) is 95.7 Å². The number of aliphatic hydroxyl groups is 1. The van der Waals surface area contributed by atoms with Crippen molar-refractivity contribution in [3.63, 3.8) is 0 Å². The quantitative estimate of drug-likeness (QED) is 0.380. The molecule has 0 bridgehead atoms. The van der Waals surface area contributed by atoms with E-state index in [2.05, 4.69) is 22.3 Å². The molecule has 2 aromatic rings. The molecule has 2 amide bonds. The Morgan fingerprint density at radius 2 is 1.94 bits per heavy atom. The molecule has 1 aromatic heterocycles. The van der Waals surface area contributed by atoms with Gasteiger partial charge in [0.2, 0.25) is 12.3 Å². The highest BCUT2D eigenvalue weighted by Gasteiger charge is 2.35. The lowest BCUT2D eigenvalue weighted by Crippen LogP contribution is -2.35. The Morgan fingerprint density at radius 1 is 1.26 bits per heavy atom. The van der Waals surface area contributed by atoms with Crippen molar-refractivity contribution in [1.82, 2.24) is 15.4 Å². The SMILES string of the molecule is CC.CC(C)c1cc(C(C(=O)N2CCC(O)C2)C(C)C)on1.O=CNCC#Cc1ccccc1. The average Bonchev–Trinajstić information content (AvgIpc) is 3.49. The number of β-amino-alcohol motifs (C(OH)–C–C–N with tert-alkyl or cyclic N) is 1. The van der Waals surface area contributed by atoms with E-state index in [0.717, 1.165) is 11.3 Å². The van der Waals surface area contributed by atoms with Gasteiger partial charge >= 0.3 is 0 Å². The first-order chi connectivity index (χ1) is 16.3. The number of hydrogen-bond acceptors (Lipinski definition) is 5. The number of carbonyl (C=O) groups is 2. The molecule has 0 saturated carbocycles. The zero-order valence-electron chi connectivity index (χ0n) is 21.2. The molecule has 1 aromatic carbocycles. The number of hydrogen-bond donors (Lipinski definition) is 2. The van der Waals surface area contributed by atoms with Gasteiger partial charge in [0.25, 0.3) is 0 Å². The molecule has 2 unspecified atom stereocenters. The van der Waals surface area contributed by atoms with E-state index >= 15 is 0 Å². The molecule has 1 aliphatic rings. The Labute approximate surface area is 203 Å². The summed E-state index contributed by atoms with van der Waals surface area (Å²) in [5.74, 6) is 6.48. The molecule has 0 spiro atoms. The lowest BCUT2D eigenvalue weighted by molar-refractivity contribution is -0.133. The summed E-state index contributed by atoms with van der Waals surface area (Å²) in [6, 6.07) is 11.5. The molecule has 1 aliphatic heterocycles. The smallest absolute Gasteiger partial charge is 0.233 e. The minimum absolute atomic E-state index is 0.0306. The number of carbonyl (C=O) groups excluding carboxylic acids is 2. The van der Waals surface area contributed by atoms with Gasteiger partial charge in [-0.3, -0.25) is 9.59 Å². The highest BCUT2D eigenvalue weighted by Crippen LogP contribution is 2.30. The van der Waals surface area contributed by atoms with Crippen LogP contribution in [-0.4, -0.2) is 53.2 Å². The van der Waals surface area contributed by atoms with Crippen LogP contribution in [0.15, 0.2) is 40.9 Å². The van der Waals surface area contributed by atoms with Crippen molar-refractivity contribution in [2.45, 2.75) is 65.9 Å². The van der Waals surface area contributed by atoms with E-state index in [-0.39, 0.29) is 23.7 Å². The lowest BCUT2D eigenvalue weighted by Gasteiger charge is -2.23. The Morgan fingerprint density at radius 3 is 2.44 bits per heavy atom. The van der Waals surface area contributed by atoms with Gasteiger partial charge in [-0.2, -0.15) is 0 Å². The molecule has 2 N–H and O–H groups in total. The number of rotatable bonds is 6. The number of nitrogens with zero attached hydrogens (tertiary/aromatic N) is 2. The molecule has 186 valence electrons. The number of nitrogens with one attached hydrogen (secondary N) is 1. The van der Waals surface area contributed by atoms with Gasteiger partial charge in [-0.25, -0.2) is 0 Å². The van der Waals surface area contributed by atoms with Gasteiger partial charge in [0, 0.05) is 24.7 Å². The summed E-state index contributed by atoms with van der Waals surface area (Å²) in [4.78, 5) is 24.2. The fourth-order valence-electron chi connectivity index (χ4n) is 3.36. The van der Waals surface area contributed by atoms with Crippen molar-refractivity contribution < 1.29 is 19.2 Å². The molecule has 7 nitrogen and oxygen atoms in total. The molecule has 0 radical (unpaired) electrons. The molecule has 34 heavy (non-hydrogen) atoms. The number of likely N-dealkylation sites (tertiary alicyclic amines) is 1. The van der Waals surface area contributed by atoms with Crippen LogP contribution in [0, 0.1) is 17.8 Å². The Hall–Kier alpha value is -3.11. The fourth-order valence-corrected chi connectivity index (χ4v) is 3.36. The van der Waals surface area contributed by atoms with Crippen LogP contribution in [-0.2, 0) is 9.59 Å². The highest BCUT2D eigenvalue weighted by atomic mass is 16.5. The lowest BCUT2D eigenvalue weighted by atomic mass is 9.91. The maximum atomic E-state index is 12.6. The summed E-state index contributed by atoms with van der Waals surface area (Å²) in [7, 11) is 0. The summed E-state index contributed by atoms with van der Waals surface area (Å²) in [5.41, 5.74) is 1.84. The van der Waals surface area contributed by atoms with Crippen molar-refractivity contribution in [2.75, 3.05) is 19.6 Å². The molecule has 0 aliphatic carbocycles. The van der Waals surface area contributed by atoms with Gasteiger partial charge in [-0.05, 0) is 30.4 Å². The molecular formula is C27H39N3O4. The van der Waals surface area contributed by atoms with Gasteiger partial charge < -0.3 is 19.8 Å². The van der Waals surface area contributed by atoms with Gasteiger partial charge in [-0.15, -0.1) is 0 Å². The minimum Gasteiger partial charge on any atom is -0.391 e. The van der Waals surface area contributed by atoms with Gasteiger partial charge in [0.15, 0.2) is 0 Å². The molecule has 7 heteroatoms. The third kappa shape index (κ3) is 9.40. The number of aliphatic hydroxyl groups excluding tert-OH is 1. The van der Waals surface area contributed by atoms with Crippen LogP contribution in [0.2, 0.25) is 0 Å². The van der Waals surface area contributed by atoms with Crippen molar-refractivity contribution in [3.8, 4) is 11.8 Å². The first-order valence-electron chi connectivity index (χ1n) is 12.0. The van der Waals surface area contributed by atoms with E-state index in [4.69, 9.17) is 4.52 Å². The van der Waals surface area contributed by atoms with Crippen LogP contribution in [0.25, 0.3) is 0 Å². The van der Waals surface area contributed by atoms with E-state index in [1.807, 2.05) is 77.9 Å². The van der Waals surface area contributed by atoms with Crippen molar-refractivity contribution >= 4 is 12.3 Å². The standard InChI is InChI=1S/C15H24N2O3.C10H9NO.C2H6/c1-9(2)12-7-13(20-16-12)14(10(3)4)15(19)17-6-5-11(18)8-17;12-9-11-8-4-7-10-5-2-1-3-6-10;1-2/h7,9-11,14,18H,5-6,8H2,1-4H3;1-3,5-6,9H,8H2,(H,11,12);1-2H3. The average molecular weight is 470 g/mol. The van der Waals surface area contributed by atoms with Crippen molar-refractivity contribution in [1.29, 1.82) is 0 Å². The maximum Gasteiger partial charge on any atom is 0.233 e.